The Labute approximate surface area is 215 Å². The number of rotatable bonds is 6. The highest BCUT2D eigenvalue weighted by atomic mass is 32.1. The van der Waals surface area contributed by atoms with Crippen LogP contribution in [-0.4, -0.2) is 53.9 Å². The molecule has 1 saturated carbocycles. The number of aliphatic imine (C=N–C) groups is 1. The van der Waals surface area contributed by atoms with Crippen LogP contribution in [-0.2, 0) is 16.0 Å². The Morgan fingerprint density at radius 1 is 1.33 bits per heavy atom. The van der Waals surface area contributed by atoms with Crippen LogP contribution in [0.5, 0.6) is 0 Å². The maximum atomic E-state index is 14.1. The van der Waals surface area contributed by atoms with E-state index in [2.05, 4.69) is 10.3 Å². The average molecular weight is 511 g/mol. The number of hydrogen-bond acceptors (Lipinski definition) is 6. The molecule has 4 atom stereocenters. The Morgan fingerprint density at radius 2 is 2.11 bits per heavy atom. The van der Waals surface area contributed by atoms with Crippen LogP contribution in [0.4, 0.5) is 9.18 Å². The number of benzene rings is 1. The number of nitriles is 1. The maximum Gasteiger partial charge on any atom is 0.411 e. The minimum Gasteiger partial charge on any atom is -0.444 e. The molecule has 1 saturated heterocycles. The van der Waals surface area contributed by atoms with Crippen LogP contribution >= 0.6 is 11.3 Å². The molecule has 2 aromatic rings. The third-order valence-corrected chi connectivity index (χ3v) is 7.73. The van der Waals surface area contributed by atoms with E-state index in [1.807, 2.05) is 39.0 Å². The fraction of sp³-hybridized carbons (Fsp3) is 0.481. The predicted molar refractivity (Wildman–Crippen MR) is 137 cm³/mol. The summed E-state index contributed by atoms with van der Waals surface area (Å²) in [5.41, 5.74) is 0.0764. The number of nitrogens with one attached hydrogen (secondary N) is 1. The van der Waals surface area contributed by atoms with Gasteiger partial charge in [0.15, 0.2) is 0 Å². The van der Waals surface area contributed by atoms with Crippen molar-refractivity contribution in [3.8, 4) is 16.5 Å². The molecule has 2 heterocycles. The Kier molecular flexibility index (Phi) is 7.46. The van der Waals surface area contributed by atoms with Crippen molar-refractivity contribution in [3.05, 3.63) is 46.6 Å². The first-order valence-corrected chi connectivity index (χ1v) is 12.9. The van der Waals surface area contributed by atoms with E-state index in [0.717, 1.165) is 29.0 Å². The van der Waals surface area contributed by atoms with Crippen molar-refractivity contribution in [2.75, 3.05) is 7.05 Å². The van der Waals surface area contributed by atoms with Crippen LogP contribution in [0.15, 0.2) is 35.3 Å². The summed E-state index contributed by atoms with van der Waals surface area (Å²) in [6, 6.07) is 9.38. The van der Waals surface area contributed by atoms with Gasteiger partial charge in [-0.15, -0.1) is 11.3 Å². The number of nitrogens with zero attached hydrogens (tertiary/aromatic N) is 3. The molecule has 190 valence electrons. The van der Waals surface area contributed by atoms with Crippen molar-refractivity contribution in [2.24, 2.45) is 10.9 Å². The molecule has 1 N–H and O–H groups in total. The molecule has 1 aromatic heterocycles. The summed E-state index contributed by atoms with van der Waals surface area (Å²) in [4.78, 5) is 34.0. The lowest BCUT2D eigenvalue weighted by Crippen LogP contribution is -2.55. The second kappa shape index (κ2) is 10.4. The molecule has 7 nitrogen and oxygen atoms in total. The smallest absolute Gasteiger partial charge is 0.411 e. The van der Waals surface area contributed by atoms with E-state index in [9.17, 15) is 14.0 Å². The van der Waals surface area contributed by atoms with Gasteiger partial charge in [-0.3, -0.25) is 14.7 Å². The first-order valence-electron chi connectivity index (χ1n) is 12.1. The SMILES string of the molecule is CN=C[C@H](Cc1ccc(-c2ccc(C#N)c(F)c2)s1)NC(=O)[C@@H]1[C@H]2CC[C@H](C2)N1C(=O)OC(C)(C)C. The van der Waals surface area contributed by atoms with Gasteiger partial charge in [-0.2, -0.15) is 5.26 Å². The minimum atomic E-state index is -0.633. The summed E-state index contributed by atoms with van der Waals surface area (Å²) in [6.07, 6.45) is 4.40. The highest BCUT2D eigenvalue weighted by Gasteiger charge is 2.52. The summed E-state index contributed by atoms with van der Waals surface area (Å²) in [6.45, 7) is 5.47. The van der Waals surface area contributed by atoms with Gasteiger partial charge in [-0.1, -0.05) is 6.07 Å². The topological polar surface area (TPSA) is 94.8 Å². The molecule has 2 fully saturated rings. The summed E-state index contributed by atoms with van der Waals surface area (Å²) < 4.78 is 19.7. The number of halogens is 1. The highest BCUT2D eigenvalue weighted by Crippen LogP contribution is 2.43. The Bertz CT molecular complexity index is 1210. The lowest BCUT2D eigenvalue weighted by atomic mass is 9.97. The zero-order valence-electron chi connectivity index (χ0n) is 21.0. The van der Waals surface area contributed by atoms with Crippen molar-refractivity contribution < 1.29 is 18.7 Å². The van der Waals surface area contributed by atoms with Crippen LogP contribution in [0.2, 0.25) is 0 Å². The van der Waals surface area contributed by atoms with Crippen LogP contribution < -0.4 is 5.32 Å². The van der Waals surface area contributed by atoms with Gasteiger partial charge in [0.25, 0.3) is 0 Å². The van der Waals surface area contributed by atoms with Crippen LogP contribution in [0.25, 0.3) is 10.4 Å². The van der Waals surface area contributed by atoms with E-state index in [1.54, 1.807) is 24.2 Å². The van der Waals surface area contributed by atoms with E-state index in [0.29, 0.717) is 12.0 Å². The molecule has 2 amide bonds. The Hall–Kier alpha value is -3.25. The summed E-state index contributed by atoms with van der Waals surface area (Å²) >= 11 is 1.50. The average Bonchev–Trinajstić information content (AvgIpc) is 3.54. The van der Waals surface area contributed by atoms with E-state index in [1.165, 1.54) is 23.5 Å². The van der Waals surface area contributed by atoms with Crippen LogP contribution in [0.3, 0.4) is 0 Å². The number of piperidine rings is 1. The zero-order valence-corrected chi connectivity index (χ0v) is 21.8. The second-order valence-electron chi connectivity index (χ2n) is 10.4. The number of amides is 2. The molecule has 0 spiro atoms. The molecular formula is C27H31FN4O3S. The van der Waals surface area contributed by atoms with Gasteiger partial charge < -0.3 is 10.1 Å². The lowest BCUT2D eigenvalue weighted by molar-refractivity contribution is -0.128. The van der Waals surface area contributed by atoms with Crippen molar-refractivity contribution in [1.82, 2.24) is 10.2 Å². The van der Waals surface area contributed by atoms with E-state index >= 15 is 0 Å². The predicted octanol–water partition coefficient (Wildman–Crippen LogP) is 4.94. The molecule has 0 unspecified atom stereocenters. The van der Waals surface area contributed by atoms with Gasteiger partial charge in [0, 0.05) is 35.5 Å². The Balaban J connectivity index is 1.46. The highest BCUT2D eigenvalue weighted by molar-refractivity contribution is 7.15. The normalized spacial score (nSPS) is 22.0. The van der Waals surface area contributed by atoms with Gasteiger partial charge in [0.2, 0.25) is 5.91 Å². The van der Waals surface area contributed by atoms with Gasteiger partial charge in [0.05, 0.1) is 11.6 Å². The molecule has 1 aromatic carbocycles. The maximum absolute atomic E-state index is 14.1. The number of carbonyl (C=O) groups excluding carboxylic acids is 2. The lowest BCUT2D eigenvalue weighted by Gasteiger charge is -2.36. The number of likely N-dealkylation sites (tertiary alicyclic amines) is 1. The fourth-order valence-corrected chi connectivity index (χ4v) is 6.17. The quantitative estimate of drug-likeness (QED) is 0.557. The van der Waals surface area contributed by atoms with Gasteiger partial charge in [-0.05, 0) is 75.8 Å². The van der Waals surface area contributed by atoms with Gasteiger partial charge in [-0.25, -0.2) is 9.18 Å². The molecule has 1 aliphatic heterocycles. The third-order valence-electron chi connectivity index (χ3n) is 6.57. The molecular weight excluding hydrogens is 479 g/mol. The fourth-order valence-electron chi connectivity index (χ4n) is 5.11. The second-order valence-corrected chi connectivity index (χ2v) is 11.5. The number of carbonyl (C=O) groups is 2. The zero-order chi connectivity index (χ0) is 26.0. The van der Waals surface area contributed by atoms with E-state index in [4.69, 9.17) is 10.00 Å². The van der Waals surface area contributed by atoms with Gasteiger partial charge >= 0.3 is 6.09 Å². The molecule has 36 heavy (non-hydrogen) atoms. The Morgan fingerprint density at radius 3 is 2.78 bits per heavy atom. The van der Waals surface area contributed by atoms with Crippen molar-refractivity contribution in [3.63, 3.8) is 0 Å². The molecule has 9 heteroatoms. The van der Waals surface area contributed by atoms with Crippen molar-refractivity contribution >= 4 is 29.6 Å². The monoisotopic (exact) mass is 510 g/mol. The summed E-state index contributed by atoms with van der Waals surface area (Å²) in [5, 5.41) is 12.0. The van der Waals surface area contributed by atoms with E-state index in [-0.39, 0.29) is 29.5 Å². The summed E-state index contributed by atoms with van der Waals surface area (Å²) in [7, 11) is 1.66. The van der Waals surface area contributed by atoms with E-state index < -0.39 is 23.6 Å². The molecule has 2 bridgehead atoms. The van der Waals surface area contributed by atoms with Crippen LogP contribution in [0, 0.1) is 23.1 Å². The first-order chi connectivity index (χ1) is 17.1. The number of ether oxygens (including phenoxy) is 1. The van der Waals surface area contributed by atoms with Crippen LogP contribution in [0.1, 0.15) is 50.5 Å². The molecule has 0 radical (unpaired) electrons. The third kappa shape index (κ3) is 5.59. The number of hydrogen-bond donors (Lipinski definition) is 1. The largest absolute Gasteiger partial charge is 0.444 e. The van der Waals surface area contributed by atoms with Crippen molar-refractivity contribution in [2.45, 2.75) is 70.2 Å². The number of thiophene rings is 1. The first kappa shape index (κ1) is 25.8. The standard InChI is InChI=1S/C27H31FN4O3S/c1-27(2,3)35-26(34)32-20-8-7-17(11-20)24(32)25(33)31-19(15-30-4)13-21-9-10-23(36-21)16-5-6-18(14-29)22(28)12-16/h5-6,9-10,12,15,17,19-20,24H,7-8,11,13H2,1-4H3,(H,31,33)/t17-,19-,20+,24-/m0/s1. The number of fused-ring (bicyclic) bond motifs is 2. The van der Waals surface area contributed by atoms with Crippen molar-refractivity contribution in [1.29, 1.82) is 5.26 Å². The molecule has 2 aliphatic rings. The molecule has 1 aliphatic carbocycles. The van der Waals surface area contributed by atoms with Gasteiger partial charge in [0.1, 0.15) is 23.5 Å². The minimum absolute atomic E-state index is 0.0125. The molecule has 4 rings (SSSR count). The summed E-state index contributed by atoms with van der Waals surface area (Å²) in [5.74, 6) is -0.612.